The topological polar surface area (TPSA) is 51.7 Å². The fraction of sp³-hybridized carbons (Fsp3) is 0.333. The molecule has 2 aromatic carbocycles. The predicted octanol–water partition coefficient (Wildman–Crippen LogP) is 5.14. The SMILES string of the molecule is Cc1nc(-c2cccc(CN3C(=O)CCCC3c3cccc4c3OCCO4)c2)cs1. The fourth-order valence-electron chi connectivity index (χ4n) is 4.32. The molecule has 30 heavy (non-hydrogen) atoms. The highest BCUT2D eigenvalue weighted by molar-refractivity contribution is 7.09. The quantitative estimate of drug-likeness (QED) is 0.586. The van der Waals surface area contributed by atoms with Crippen molar-refractivity contribution in [3.05, 3.63) is 64.0 Å². The van der Waals surface area contributed by atoms with E-state index in [0.29, 0.717) is 26.2 Å². The average molecular weight is 421 g/mol. The molecule has 2 aliphatic heterocycles. The summed E-state index contributed by atoms with van der Waals surface area (Å²) in [6.45, 7) is 3.69. The molecule has 1 fully saturated rings. The highest BCUT2D eigenvalue weighted by atomic mass is 32.1. The Labute approximate surface area is 180 Å². The van der Waals surface area contributed by atoms with Gasteiger partial charge in [0.25, 0.3) is 0 Å². The Morgan fingerprint density at radius 1 is 1.17 bits per heavy atom. The number of fused-ring (bicyclic) bond motifs is 1. The van der Waals surface area contributed by atoms with Gasteiger partial charge in [0.05, 0.1) is 16.7 Å². The lowest BCUT2D eigenvalue weighted by Gasteiger charge is -2.37. The number of rotatable bonds is 4. The van der Waals surface area contributed by atoms with E-state index in [1.165, 1.54) is 0 Å². The van der Waals surface area contributed by atoms with Crippen molar-refractivity contribution in [1.82, 2.24) is 9.88 Å². The summed E-state index contributed by atoms with van der Waals surface area (Å²) in [5.41, 5.74) is 4.24. The Kier molecular flexibility index (Phi) is 5.17. The van der Waals surface area contributed by atoms with Gasteiger partial charge in [-0.2, -0.15) is 0 Å². The molecule has 2 aliphatic rings. The molecule has 0 spiro atoms. The van der Waals surface area contributed by atoms with E-state index in [-0.39, 0.29) is 11.9 Å². The number of benzene rings is 2. The van der Waals surface area contributed by atoms with Gasteiger partial charge in [-0.05, 0) is 37.5 Å². The molecule has 0 N–H and O–H groups in total. The maximum absolute atomic E-state index is 13.0. The molecule has 0 aliphatic carbocycles. The Hall–Kier alpha value is -2.86. The third-order valence-corrected chi connectivity index (χ3v) is 6.49. The van der Waals surface area contributed by atoms with Gasteiger partial charge in [0.15, 0.2) is 11.5 Å². The van der Waals surface area contributed by atoms with Crippen molar-refractivity contribution in [3.63, 3.8) is 0 Å². The van der Waals surface area contributed by atoms with Crippen molar-refractivity contribution in [2.75, 3.05) is 13.2 Å². The molecule has 154 valence electrons. The minimum Gasteiger partial charge on any atom is -0.486 e. The zero-order chi connectivity index (χ0) is 20.5. The zero-order valence-corrected chi connectivity index (χ0v) is 17.8. The second-order valence-electron chi connectivity index (χ2n) is 7.75. The molecule has 1 atom stereocenters. The molecule has 1 amide bonds. The van der Waals surface area contributed by atoms with Gasteiger partial charge < -0.3 is 14.4 Å². The molecule has 3 aromatic rings. The van der Waals surface area contributed by atoms with E-state index in [2.05, 4.69) is 34.6 Å². The van der Waals surface area contributed by atoms with Crippen LogP contribution in [0.2, 0.25) is 0 Å². The third kappa shape index (κ3) is 3.67. The number of nitrogens with zero attached hydrogens (tertiary/aromatic N) is 2. The molecule has 3 heterocycles. The van der Waals surface area contributed by atoms with Crippen molar-refractivity contribution >= 4 is 17.2 Å². The number of carbonyl (C=O) groups is 1. The van der Waals surface area contributed by atoms with Crippen LogP contribution in [-0.4, -0.2) is 29.0 Å². The Morgan fingerprint density at radius 2 is 2.03 bits per heavy atom. The smallest absolute Gasteiger partial charge is 0.223 e. The number of hydrogen-bond donors (Lipinski definition) is 0. The molecular formula is C24H24N2O3S. The lowest BCUT2D eigenvalue weighted by atomic mass is 9.93. The van der Waals surface area contributed by atoms with E-state index in [0.717, 1.165) is 51.7 Å². The van der Waals surface area contributed by atoms with Crippen molar-refractivity contribution in [3.8, 4) is 22.8 Å². The lowest BCUT2D eigenvalue weighted by Crippen LogP contribution is -2.38. The molecule has 1 unspecified atom stereocenters. The summed E-state index contributed by atoms with van der Waals surface area (Å²) in [7, 11) is 0. The van der Waals surface area contributed by atoms with E-state index in [1.54, 1.807) is 11.3 Å². The predicted molar refractivity (Wildman–Crippen MR) is 117 cm³/mol. The van der Waals surface area contributed by atoms with Crippen LogP contribution in [0.4, 0.5) is 0 Å². The molecule has 5 nitrogen and oxygen atoms in total. The van der Waals surface area contributed by atoms with Crippen LogP contribution >= 0.6 is 11.3 Å². The first kappa shape index (κ1) is 19.1. The number of piperidine rings is 1. The summed E-state index contributed by atoms with van der Waals surface area (Å²) < 4.78 is 11.7. The van der Waals surface area contributed by atoms with Crippen LogP contribution < -0.4 is 9.47 Å². The van der Waals surface area contributed by atoms with Crippen LogP contribution in [0.25, 0.3) is 11.3 Å². The minimum atomic E-state index is -0.00641. The number of ether oxygens (including phenoxy) is 2. The number of thiazole rings is 1. The van der Waals surface area contributed by atoms with E-state index >= 15 is 0 Å². The Bertz CT molecular complexity index is 1080. The highest BCUT2D eigenvalue weighted by Crippen LogP contribution is 2.43. The summed E-state index contributed by atoms with van der Waals surface area (Å²) in [6.07, 6.45) is 2.41. The Morgan fingerprint density at radius 3 is 2.90 bits per heavy atom. The van der Waals surface area contributed by atoms with E-state index in [1.807, 2.05) is 30.0 Å². The molecule has 1 saturated heterocycles. The summed E-state index contributed by atoms with van der Waals surface area (Å²) in [5.74, 6) is 1.76. The standard InChI is InChI=1S/C24H24N2O3S/c1-16-25-20(15-30-16)18-6-2-5-17(13-18)14-26-21(8-4-10-23(26)27)19-7-3-9-22-24(19)29-12-11-28-22/h2-3,5-7,9,13,15,21H,4,8,10-12,14H2,1H3. The maximum atomic E-state index is 13.0. The first-order valence-electron chi connectivity index (χ1n) is 10.4. The van der Waals surface area contributed by atoms with Gasteiger partial charge >= 0.3 is 0 Å². The number of aromatic nitrogens is 1. The molecule has 0 bridgehead atoms. The minimum absolute atomic E-state index is 0.00641. The molecule has 5 rings (SSSR count). The highest BCUT2D eigenvalue weighted by Gasteiger charge is 2.32. The van der Waals surface area contributed by atoms with Gasteiger partial charge in [-0.15, -0.1) is 11.3 Å². The van der Waals surface area contributed by atoms with Gasteiger partial charge in [0.1, 0.15) is 13.2 Å². The second kappa shape index (κ2) is 8.11. The number of para-hydroxylation sites is 1. The molecule has 0 radical (unpaired) electrons. The summed E-state index contributed by atoms with van der Waals surface area (Å²) >= 11 is 1.65. The first-order valence-corrected chi connectivity index (χ1v) is 11.3. The lowest BCUT2D eigenvalue weighted by molar-refractivity contribution is -0.137. The molecule has 1 aromatic heterocycles. The summed E-state index contributed by atoms with van der Waals surface area (Å²) in [6, 6.07) is 14.3. The Balaban J connectivity index is 1.46. The summed E-state index contributed by atoms with van der Waals surface area (Å²) in [5, 5.41) is 3.13. The third-order valence-electron chi connectivity index (χ3n) is 5.72. The normalized spacial score (nSPS) is 18.5. The van der Waals surface area contributed by atoms with E-state index in [4.69, 9.17) is 9.47 Å². The van der Waals surface area contributed by atoms with Crippen molar-refractivity contribution in [1.29, 1.82) is 0 Å². The largest absolute Gasteiger partial charge is 0.486 e. The van der Waals surface area contributed by atoms with Gasteiger partial charge in [-0.3, -0.25) is 4.79 Å². The van der Waals surface area contributed by atoms with Crippen molar-refractivity contribution in [2.45, 2.75) is 38.8 Å². The molecular weight excluding hydrogens is 396 g/mol. The summed E-state index contributed by atoms with van der Waals surface area (Å²) in [4.78, 5) is 19.6. The number of carbonyl (C=O) groups excluding carboxylic acids is 1. The number of likely N-dealkylation sites (tertiary alicyclic amines) is 1. The van der Waals surface area contributed by atoms with Crippen molar-refractivity contribution in [2.24, 2.45) is 0 Å². The zero-order valence-electron chi connectivity index (χ0n) is 17.0. The van der Waals surface area contributed by atoms with Gasteiger partial charge in [-0.25, -0.2) is 4.98 Å². The number of aryl methyl sites for hydroxylation is 1. The van der Waals surface area contributed by atoms with Crippen LogP contribution in [0.3, 0.4) is 0 Å². The average Bonchev–Trinajstić information content (AvgIpc) is 3.21. The van der Waals surface area contributed by atoms with Crippen LogP contribution in [0.1, 0.15) is 41.4 Å². The van der Waals surface area contributed by atoms with Crippen LogP contribution in [-0.2, 0) is 11.3 Å². The number of amides is 1. The molecule has 6 heteroatoms. The van der Waals surface area contributed by atoms with Crippen molar-refractivity contribution < 1.29 is 14.3 Å². The van der Waals surface area contributed by atoms with Gasteiger partial charge in [0.2, 0.25) is 5.91 Å². The monoisotopic (exact) mass is 420 g/mol. The first-order chi connectivity index (χ1) is 14.7. The maximum Gasteiger partial charge on any atom is 0.223 e. The van der Waals surface area contributed by atoms with E-state index < -0.39 is 0 Å². The van der Waals surface area contributed by atoms with E-state index in [9.17, 15) is 4.79 Å². The fourth-order valence-corrected chi connectivity index (χ4v) is 4.94. The number of hydrogen-bond acceptors (Lipinski definition) is 5. The van der Waals surface area contributed by atoms with Gasteiger partial charge in [0, 0.05) is 29.5 Å². The van der Waals surface area contributed by atoms with Gasteiger partial charge in [-0.1, -0.05) is 30.3 Å². The van der Waals surface area contributed by atoms with Crippen LogP contribution in [0.15, 0.2) is 47.8 Å². The molecule has 0 saturated carbocycles. The van der Waals surface area contributed by atoms with Crippen LogP contribution in [0.5, 0.6) is 11.5 Å². The second-order valence-corrected chi connectivity index (χ2v) is 8.82. The van der Waals surface area contributed by atoms with Crippen LogP contribution in [0, 0.1) is 6.92 Å².